The molecule has 0 fully saturated rings. The van der Waals surface area contributed by atoms with Crippen LogP contribution in [0.1, 0.15) is 25.8 Å². The maximum atomic E-state index is 11.7. The normalized spacial score (nSPS) is 12.0. The smallest absolute Gasteiger partial charge is 0.277 e. The number of ether oxygens (including phenoxy) is 2. The number of nitrogens with one attached hydrogen (secondary N) is 1. The van der Waals surface area contributed by atoms with Crippen LogP contribution in [0.15, 0.2) is 52.0 Å². The average Bonchev–Trinajstić information content (AvgIpc) is 2.63. The van der Waals surface area contributed by atoms with Crippen molar-refractivity contribution >= 4 is 39.7 Å². The van der Waals surface area contributed by atoms with Crippen molar-refractivity contribution < 1.29 is 14.3 Å². The highest BCUT2D eigenvalue weighted by molar-refractivity contribution is 9.10. The molecule has 1 N–H and O–H groups in total. The quantitative estimate of drug-likeness (QED) is 0.474. The number of benzene rings is 2. The van der Waals surface area contributed by atoms with E-state index in [2.05, 4.69) is 26.5 Å². The molecule has 26 heavy (non-hydrogen) atoms. The lowest BCUT2D eigenvalue weighted by Gasteiger charge is -2.13. The molecule has 1 amide bonds. The second-order valence-corrected chi connectivity index (χ2v) is 6.89. The van der Waals surface area contributed by atoms with E-state index in [1.54, 1.807) is 24.3 Å². The highest BCUT2D eigenvalue weighted by Gasteiger charge is 2.06. The van der Waals surface area contributed by atoms with Gasteiger partial charge in [-0.3, -0.25) is 4.79 Å². The third kappa shape index (κ3) is 6.69. The molecular formula is C19H20BrClN2O3. The Morgan fingerprint density at radius 1 is 1.31 bits per heavy atom. The minimum Gasteiger partial charge on any atom is -0.489 e. The van der Waals surface area contributed by atoms with Gasteiger partial charge in [0.25, 0.3) is 5.91 Å². The van der Waals surface area contributed by atoms with Crippen LogP contribution in [0.2, 0.25) is 5.02 Å². The average molecular weight is 440 g/mol. The van der Waals surface area contributed by atoms with Crippen LogP contribution in [0.3, 0.4) is 0 Å². The first-order valence-corrected chi connectivity index (χ1v) is 9.31. The molecule has 7 heteroatoms. The lowest BCUT2D eigenvalue weighted by atomic mass is 10.2. The minimum atomic E-state index is -0.355. The molecule has 0 radical (unpaired) electrons. The van der Waals surface area contributed by atoms with Gasteiger partial charge in [-0.1, -0.05) is 34.5 Å². The summed E-state index contributed by atoms with van der Waals surface area (Å²) in [4.78, 5) is 11.7. The number of rotatable bonds is 8. The second kappa shape index (κ2) is 10.2. The summed E-state index contributed by atoms with van der Waals surface area (Å²) < 4.78 is 12.0. The number of hydrogen-bond donors (Lipinski definition) is 1. The molecule has 0 aliphatic carbocycles. The highest BCUT2D eigenvalue weighted by Crippen LogP contribution is 2.26. The molecule has 0 aliphatic heterocycles. The lowest BCUT2D eigenvalue weighted by Crippen LogP contribution is -2.24. The summed E-state index contributed by atoms with van der Waals surface area (Å²) in [7, 11) is 0. The van der Waals surface area contributed by atoms with Gasteiger partial charge in [0.2, 0.25) is 0 Å². The van der Waals surface area contributed by atoms with Crippen molar-refractivity contribution in [3.8, 4) is 11.5 Å². The van der Waals surface area contributed by atoms with Crippen molar-refractivity contribution in [1.29, 1.82) is 0 Å². The van der Waals surface area contributed by atoms with Crippen molar-refractivity contribution in [1.82, 2.24) is 5.43 Å². The van der Waals surface area contributed by atoms with E-state index < -0.39 is 0 Å². The fourth-order valence-electron chi connectivity index (χ4n) is 1.88. The van der Waals surface area contributed by atoms with E-state index >= 15 is 0 Å². The number of hydrogen-bond acceptors (Lipinski definition) is 4. The van der Waals surface area contributed by atoms with E-state index in [9.17, 15) is 4.79 Å². The van der Waals surface area contributed by atoms with Gasteiger partial charge in [0.15, 0.2) is 6.61 Å². The van der Waals surface area contributed by atoms with Crippen LogP contribution in [0.4, 0.5) is 0 Å². The van der Waals surface area contributed by atoms with Crippen molar-refractivity contribution in [2.75, 3.05) is 6.61 Å². The minimum absolute atomic E-state index is 0.0945. The standard InChI is InChI=1S/C19H20BrClN2O3/c1-3-13(2)26-18-9-4-14(10-17(18)21)11-22-23-19(24)12-25-16-7-5-15(20)6-8-16/h4-11,13H,3,12H2,1-2H3,(H,23,24)/b22-11-/t13-/m1/s1. The SMILES string of the molecule is CC[C@@H](C)Oc1ccc(/C=N\NC(=O)COc2ccc(Br)cc2)cc1Cl. The van der Waals surface area contributed by atoms with Gasteiger partial charge in [-0.2, -0.15) is 5.10 Å². The first-order valence-electron chi connectivity index (χ1n) is 8.14. The molecule has 0 aliphatic rings. The zero-order valence-electron chi connectivity index (χ0n) is 14.5. The van der Waals surface area contributed by atoms with Crippen LogP contribution >= 0.6 is 27.5 Å². The van der Waals surface area contributed by atoms with E-state index in [0.717, 1.165) is 16.5 Å². The van der Waals surface area contributed by atoms with Gasteiger partial charge in [-0.25, -0.2) is 5.43 Å². The van der Waals surface area contributed by atoms with Gasteiger partial charge in [-0.15, -0.1) is 0 Å². The summed E-state index contributed by atoms with van der Waals surface area (Å²) in [6.45, 7) is 3.90. The Balaban J connectivity index is 1.82. The number of halogens is 2. The number of carbonyl (C=O) groups excluding carboxylic acids is 1. The third-order valence-electron chi connectivity index (χ3n) is 3.45. The van der Waals surface area contributed by atoms with E-state index in [0.29, 0.717) is 16.5 Å². The first kappa shape index (κ1) is 20.3. The van der Waals surface area contributed by atoms with Gasteiger partial charge in [0.1, 0.15) is 11.5 Å². The number of hydrazone groups is 1. The highest BCUT2D eigenvalue weighted by atomic mass is 79.9. The molecule has 5 nitrogen and oxygen atoms in total. The molecule has 0 saturated carbocycles. The molecule has 2 aromatic carbocycles. The molecule has 1 atom stereocenters. The largest absolute Gasteiger partial charge is 0.489 e. The molecule has 0 heterocycles. The predicted octanol–water partition coefficient (Wildman–Crippen LogP) is 4.81. The number of nitrogens with zero attached hydrogens (tertiary/aromatic N) is 1. The maximum absolute atomic E-state index is 11.7. The van der Waals surface area contributed by atoms with Gasteiger partial charge in [0.05, 0.1) is 17.3 Å². The van der Waals surface area contributed by atoms with Crippen LogP contribution in [0.5, 0.6) is 11.5 Å². The molecule has 0 bridgehead atoms. The lowest BCUT2D eigenvalue weighted by molar-refractivity contribution is -0.123. The molecule has 2 aromatic rings. The first-order chi connectivity index (χ1) is 12.5. The van der Waals surface area contributed by atoms with Gasteiger partial charge in [-0.05, 0) is 61.4 Å². The third-order valence-corrected chi connectivity index (χ3v) is 4.27. The van der Waals surface area contributed by atoms with Gasteiger partial charge < -0.3 is 9.47 Å². The number of amides is 1. The summed E-state index contributed by atoms with van der Waals surface area (Å²) in [5.74, 6) is 0.882. The molecule has 0 aromatic heterocycles. The Hall–Kier alpha value is -2.05. The predicted molar refractivity (Wildman–Crippen MR) is 107 cm³/mol. The Kier molecular flexibility index (Phi) is 7.94. The molecule has 0 unspecified atom stereocenters. The number of carbonyl (C=O) groups is 1. The van der Waals surface area contributed by atoms with E-state index in [-0.39, 0.29) is 18.6 Å². The van der Waals surface area contributed by atoms with E-state index in [1.807, 2.05) is 32.0 Å². The molecule has 138 valence electrons. The Bertz CT molecular complexity index is 766. The maximum Gasteiger partial charge on any atom is 0.277 e. The molecule has 2 rings (SSSR count). The molecular weight excluding hydrogens is 420 g/mol. The van der Waals surface area contributed by atoms with Crippen molar-refractivity contribution in [2.45, 2.75) is 26.4 Å². The Morgan fingerprint density at radius 3 is 2.69 bits per heavy atom. The van der Waals surface area contributed by atoms with Crippen LogP contribution in [0, 0.1) is 0 Å². The monoisotopic (exact) mass is 438 g/mol. The van der Waals surface area contributed by atoms with E-state index in [1.165, 1.54) is 6.21 Å². The summed E-state index contributed by atoms with van der Waals surface area (Å²) in [5, 5.41) is 4.40. The zero-order chi connectivity index (χ0) is 18.9. The van der Waals surface area contributed by atoms with Crippen LogP contribution in [0.25, 0.3) is 0 Å². The second-order valence-electron chi connectivity index (χ2n) is 5.56. The summed E-state index contributed by atoms with van der Waals surface area (Å²) >= 11 is 9.54. The van der Waals surface area contributed by atoms with Gasteiger partial charge in [0, 0.05) is 4.47 Å². The van der Waals surface area contributed by atoms with Crippen molar-refractivity contribution in [2.24, 2.45) is 5.10 Å². The van der Waals surface area contributed by atoms with Gasteiger partial charge >= 0.3 is 0 Å². The fourth-order valence-corrected chi connectivity index (χ4v) is 2.38. The van der Waals surface area contributed by atoms with Crippen molar-refractivity contribution in [3.05, 3.63) is 57.5 Å². The fraction of sp³-hybridized carbons (Fsp3) is 0.263. The van der Waals surface area contributed by atoms with Crippen LogP contribution in [-0.4, -0.2) is 24.8 Å². The topological polar surface area (TPSA) is 59.9 Å². The summed E-state index contributed by atoms with van der Waals surface area (Å²) in [5.41, 5.74) is 3.16. The Labute approximate surface area is 166 Å². The summed E-state index contributed by atoms with van der Waals surface area (Å²) in [6, 6.07) is 12.5. The molecule has 0 saturated heterocycles. The molecule has 0 spiro atoms. The zero-order valence-corrected chi connectivity index (χ0v) is 16.9. The van der Waals surface area contributed by atoms with Crippen LogP contribution in [-0.2, 0) is 4.79 Å². The summed E-state index contributed by atoms with van der Waals surface area (Å²) in [6.07, 6.45) is 2.50. The Morgan fingerprint density at radius 2 is 2.04 bits per heavy atom. The van der Waals surface area contributed by atoms with Crippen LogP contribution < -0.4 is 14.9 Å². The van der Waals surface area contributed by atoms with Crippen molar-refractivity contribution in [3.63, 3.8) is 0 Å². The van der Waals surface area contributed by atoms with E-state index in [4.69, 9.17) is 21.1 Å².